The summed E-state index contributed by atoms with van der Waals surface area (Å²) in [5, 5.41) is 0. The summed E-state index contributed by atoms with van der Waals surface area (Å²) < 4.78 is 67.2. The minimum absolute atomic E-state index is 0.0734. The zero-order valence-electron chi connectivity index (χ0n) is 11.6. The SMILES string of the molecule is NC1CCC(NS(=O)(=O)c2cccc(OC(F)(F)F)c2)CC1. The standard InChI is InChI=1S/C13H17F3N2O3S/c14-13(15,16)21-11-2-1-3-12(8-11)22(19,20)18-10-6-4-9(17)5-7-10/h1-3,8-10,18H,4-7,17H2. The molecule has 1 aliphatic rings. The molecule has 0 spiro atoms. The van der Waals surface area contributed by atoms with Gasteiger partial charge in [0.15, 0.2) is 0 Å². The quantitative estimate of drug-likeness (QED) is 0.881. The van der Waals surface area contributed by atoms with Crippen LogP contribution in [0.1, 0.15) is 25.7 Å². The van der Waals surface area contributed by atoms with Gasteiger partial charge in [0.1, 0.15) is 5.75 Å². The van der Waals surface area contributed by atoms with Crippen molar-refractivity contribution in [1.29, 1.82) is 0 Å². The first-order chi connectivity index (χ1) is 10.2. The maximum atomic E-state index is 12.2. The Hall–Kier alpha value is -1.32. The molecule has 1 aromatic carbocycles. The van der Waals surface area contributed by atoms with Crippen LogP contribution in [0.25, 0.3) is 0 Å². The van der Waals surface area contributed by atoms with Crippen molar-refractivity contribution in [3.8, 4) is 5.75 Å². The van der Waals surface area contributed by atoms with Crippen LogP contribution in [0.4, 0.5) is 13.2 Å². The summed E-state index contributed by atoms with van der Waals surface area (Å²) in [7, 11) is -3.89. The van der Waals surface area contributed by atoms with Crippen LogP contribution in [0.2, 0.25) is 0 Å². The van der Waals surface area contributed by atoms with Crippen LogP contribution < -0.4 is 15.2 Å². The molecule has 0 radical (unpaired) electrons. The molecule has 0 aromatic heterocycles. The fraction of sp³-hybridized carbons (Fsp3) is 0.538. The van der Waals surface area contributed by atoms with E-state index in [1.807, 2.05) is 0 Å². The van der Waals surface area contributed by atoms with Crippen LogP contribution >= 0.6 is 0 Å². The predicted octanol–water partition coefficient (Wildman–Crippen LogP) is 2.13. The van der Waals surface area contributed by atoms with Crippen molar-refractivity contribution in [2.45, 2.75) is 49.0 Å². The topological polar surface area (TPSA) is 81.4 Å². The first-order valence-electron chi connectivity index (χ1n) is 6.79. The lowest BCUT2D eigenvalue weighted by Gasteiger charge is -2.26. The summed E-state index contributed by atoms with van der Waals surface area (Å²) in [6.07, 6.45) is -2.22. The molecular weight excluding hydrogens is 321 g/mol. The molecular formula is C13H17F3N2O3S. The highest BCUT2D eigenvalue weighted by Crippen LogP contribution is 2.25. The fourth-order valence-corrected chi connectivity index (χ4v) is 3.70. The van der Waals surface area contributed by atoms with Crippen molar-refractivity contribution in [2.24, 2.45) is 5.73 Å². The summed E-state index contributed by atoms with van der Waals surface area (Å²) in [6.45, 7) is 0. The van der Waals surface area contributed by atoms with Gasteiger partial charge in [-0.15, -0.1) is 13.2 Å². The second-order valence-corrected chi connectivity index (χ2v) is 6.97. The molecule has 3 N–H and O–H groups in total. The molecule has 9 heteroatoms. The zero-order chi connectivity index (χ0) is 16.4. The van der Waals surface area contributed by atoms with E-state index in [0.717, 1.165) is 12.1 Å². The molecule has 22 heavy (non-hydrogen) atoms. The van der Waals surface area contributed by atoms with Gasteiger partial charge in [-0.1, -0.05) is 6.07 Å². The van der Waals surface area contributed by atoms with Crippen LogP contribution in [-0.4, -0.2) is 26.9 Å². The van der Waals surface area contributed by atoms with E-state index < -0.39 is 22.1 Å². The number of sulfonamides is 1. The van der Waals surface area contributed by atoms with Gasteiger partial charge in [0.2, 0.25) is 10.0 Å². The highest BCUT2D eigenvalue weighted by Gasteiger charge is 2.32. The monoisotopic (exact) mass is 338 g/mol. The Balaban J connectivity index is 2.10. The van der Waals surface area contributed by atoms with Crippen LogP contribution in [0.15, 0.2) is 29.2 Å². The fourth-order valence-electron chi connectivity index (χ4n) is 2.36. The smallest absolute Gasteiger partial charge is 0.406 e. The molecule has 0 aliphatic heterocycles. The number of nitrogens with one attached hydrogen (secondary N) is 1. The van der Waals surface area contributed by atoms with E-state index in [4.69, 9.17) is 5.73 Å². The maximum Gasteiger partial charge on any atom is 0.573 e. The molecule has 0 atom stereocenters. The third-order valence-electron chi connectivity index (χ3n) is 3.44. The Morgan fingerprint density at radius 1 is 1.18 bits per heavy atom. The van der Waals surface area contributed by atoms with Gasteiger partial charge in [0.25, 0.3) is 0 Å². The van der Waals surface area contributed by atoms with Crippen LogP contribution in [0.5, 0.6) is 5.75 Å². The second-order valence-electron chi connectivity index (χ2n) is 5.26. The molecule has 5 nitrogen and oxygen atoms in total. The van der Waals surface area contributed by atoms with Crippen molar-refractivity contribution in [3.05, 3.63) is 24.3 Å². The Labute approximate surface area is 126 Å². The number of hydrogen-bond acceptors (Lipinski definition) is 4. The third kappa shape index (κ3) is 4.85. The lowest BCUT2D eigenvalue weighted by Crippen LogP contribution is -2.40. The normalized spacial score (nSPS) is 23.3. The van der Waals surface area contributed by atoms with Crippen molar-refractivity contribution >= 4 is 10.0 Å². The number of alkyl halides is 3. The highest BCUT2D eigenvalue weighted by atomic mass is 32.2. The summed E-state index contributed by atoms with van der Waals surface area (Å²) in [5.41, 5.74) is 5.75. The molecule has 0 amide bonds. The molecule has 1 aromatic rings. The Morgan fingerprint density at radius 2 is 1.82 bits per heavy atom. The van der Waals surface area contributed by atoms with Gasteiger partial charge in [-0.3, -0.25) is 0 Å². The second kappa shape index (κ2) is 6.43. The molecule has 0 bridgehead atoms. The summed E-state index contributed by atoms with van der Waals surface area (Å²) in [5.74, 6) is -0.568. The minimum atomic E-state index is -4.87. The van der Waals surface area contributed by atoms with E-state index in [-0.39, 0.29) is 17.0 Å². The summed E-state index contributed by atoms with van der Waals surface area (Å²) in [4.78, 5) is -0.260. The first-order valence-corrected chi connectivity index (χ1v) is 8.28. The van der Waals surface area contributed by atoms with Crippen LogP contribution in [-0.2, 0) is 10.0 Å². The molecule has 124 valence electrons. The van der Waals surface area contributed by atoms with Gasteiger partial charge >= 0.3 is 6.36 Å². The van der Waals surface area contributed by atoms with Gasteiger partial charge in [-0.05, 0) is 37.8 Å². The third-order valence-corrected chi connectivity index (χ3v) is 4.96. The van der Waals surface area contributed by atoms with E-state index in [1.165, 1.54) is 12.1 Å². The molecule has 2 rings (SSSR count). The van der Waals surface area contributed by atoms with Crippen molar-refractivity contribution < 1.29 is 26.3 Å². The number of rotatable bonds is 4. The van der Waals surface area contributed by atoms with Gasteiger partial charge < -0.3 is 10.5 Å². The number of ether oxygens (including phenoxy) is 1. The van der Waals surface area contributed by atoms with Gasteiger partial charge in [0, 0.05) is 18.2 Å². The summed E-state index contributed by atoms with van der Waals surface area (Å²) in [6, 6.07) is 4.14. The molecule has 0 heterocycles. The number of nitrogens with two attached hydrogens (primary N) is 1. The molecule has 1 aliphatic carbocycles. The van der Waals surface area contributed by atoms with E-state index >= 15 is 0 Å². The van der Waals surface area contributed by atoms with Gasteiger partial charge in [-0.25, -0.2) is 13.1 Å². The molecule has 1 fully saturated rings. The van der Waals surface area contributed by atoms with E-state index in [0.29, 0.717) is 25.7 Å². The number of halogens is 3. The van der Waals surface area contributed by atoms with Gasteiger partial charge in [0.05, 0.1) is 4.90 Å². The van der Waals surface area contributed by atoms with Crippen molar-refractivity contribution in [1.82, 2.24) is 4.72 Å². The predicted molar refractivity (Wildman–Crippen MR) is 73.7 cm³/mol. The van der Waals surface area contributed by atoms with E-state index in [9.17, 15) is 21.6 Å². The highest BCUT2D eigenvalue weighted by molar-refractivity contribution is 7.89. The average molecular weight is 338 g/mol. The zero-order valence-corrected chi connectivity index (χ0v) is 12.5. The van der Waals surface area contributed by atoms with Crippen molar-refractivity contribution in [2.75, 3.05) is 0 Å². The number of hydrogen-bond donors (Lipinski definition) is 2. The first kappa shape index (κ1) is 17.0. The molecule has 1 saturated carbocycles. The van der Waals surface area contributed by atoms with Crippen molar-refractivity contribution in [3.63, 3.8) is 0 Å². The lowest BCUT2D eigenvalue weighted by molar-refractivity contribution is -0.274. The minimum Gasteiger partial charge on any atom is -0.406 e. The lowest BCUT2D eigenvalue weighted by atomic mass is 9.93. The largest absolute Gasteiger partial charge is 0.573 e. The summed E-state index contributed by atoms with van der Waals surface area (Å²) >= 11 is 0. The Kier molecular flexibility index (Phi) is 4.98. The molecule has 0 saturated heterocycles. The van der Waals surface area contributed by atoms with Crippen LogP contribution in [0.3, 0.4) is 0 Å². The Bertz CT molecular complexity index is 611. The maximum absolute atomic E-state index is 12.2. The number of benzene rings is 1. The average Bonchev–Trinajstić information content (AvgIpc) is 2.40. The van der Waals surface area contributed by atoms with E-state index in [1.54, 1.807) is 0 Å². The van der Waals surface area contributed by atoms with Crippen LogP contribution in [0, 0.1) is 0 Å². The molecule has 0 unspecified atom stereocenters. The Morgan fingerprint density at radius 3 is 2.41 bits per heavy atom. The van der Waals surface area contributed by atoms with E-state index in [2.05, 4.69) is 9.46 Å². The van der Waals surface area contributed by atoms with Gasteiger partial charge in [-0.2, -0.15) is 0 Å².